The largest absolute Gasteiger partial charge is 0.481 e. The Hall–Kier alpha value is -2.68. The van der Waals surface area contributed by atoms with E-state index in [1.807, 2.05) is 19.9 Å². The molecule has 2 aliphatic rings. The van der Waals surface area contributed by atoms with Crippen LogP contribution in [0.1, 0.15) is 56.2 Å². The Balaban J connectivity index is 1.96. The van der Waals surface area contributed by atoms with Crippen molar-refractivity contribution in [2.24, 2.45) is 7.05 Å². The number of pyridine rings is 1. The predicted octanol–water partition coefficient (Wildman–Crippen LogP) is 3.03. The van der Waals surface area contributed by atoms with E-state index < -0.39 is 5.97 Å². The first-order valence-corrected chi connectivity index (χ1v) is 12.8. The zero-order valence-corrected chi connectivity index (χ0v) is 22.0. The van der Waals surface area contributed by atoms with Gasteiger partial charge in [0.15, 0.2) is 0 Å². The van der Waals surface area contributed by atoms with Gasteiger partial charge >= 0.3 is 5.97 Å². The van der Waals surface area contributed by atoms with Crippen molar-refractivity contribution in [3.05, 3.63) is 31.9 Å². The number of aromatic nitrogens is 1. The lowest BCUT2D eigenvalue weighted by atomic mass is 10.0. The highest BCUT2D eigenvalue weighted by Gasteiger charge is 2.33. The number of carboxylic acids is 1. The van der Waals surface area contributed by atoms with E-state index in [1.165, 1.54) is 21.2 Å². The van der Waals surface area contributed by atoms with Crippen LogP contribution >= 0.6 is 24.0 Å². The van der Waals surface area contributed by atoms with Crippen LogP contribution in [-0.2, 0) is 21.4 Å². The molecule has 2 unspecified atom stereocenters. The van der Waals surface area contributed by atoms with Crippen molar-refractivity contribution in [2.45, 2.75) is 58.7 Å². The average molecular weight is 519 g/mol. The van der Waals surface area contributed by atoms with Crippen molar-refractivity contribution in [2.75, 3.05) is 24.5 Å². The van der Waals surface area contributed by atoms with Crippen LogP contribution in [0.3, 0.4) is 0 Å². The highest BCUT2D eigenvalue weighted by molar-refractivity contribution is 8.26. The summed E-state index contributed by atoms with van der Waals surface area (Å²) in [6.07, 6.45) is 3.64. The molecule has 0 aromatic carbocycles. The molecule has 2 atom stereocenters. The molecule has 35 heavy (non-hydrogen) atoms. The van der Waals surface area contributed by atoms with E-state index in [0.29, 0.717) is 65.1 Å². The Kier molecular flexibility index (Phi) is 8.74. The molecule has 11 heteroatoms. The summed E-state index contributed by atoms with van der Waals surface area (Å²) < 4.78 is 7.78. The molecule has 1 aromatic heterocycles. The number of carboxylic acid groups (broad SMARTS) is 1. The van der Waals surface area contributed by atoms with Crippen LogP contribution in [0.2, 0.25) is 0 Å². The van der Waals surface area contributed by atoms with Gasteiger partial charge in [0, 0.05) is 38.7 Å². The van der Waals surface area contributed by atoms with Crippen molar-refractivity contribution in [3.63, 3.8) is 0 Å². The summed E-state index contributed by atoms with van der Waals surface area (Å²) in [6, 6.07) is 2.02. The molecule has 2 aliphatic heterocycles. The standard InChI is InChI=1S/C24H30N4O5S2/c1-14-12-27(13-15(2)33-14)21-17(16(3)18(11-25)22(31)26(21)4)10-19-23(32)28(24(34)35-19)9-7-5-6-8-20(29)30/h10,14-15H,5-9,12-13H2,1-4H3,(H,29,30)/b19-10+. The van der Waals surface area contributed by atoms with Gasteiger partial charge < -0.3 is 14.7 Å². The second kappa shape index (κ2) is 11.4. The molecule has 2 fully saturated rings. The number of hydrogen-bond donors (Lipinski definition) is 1. The van der Waals surface area contributed by atoms with E-state index in [2.05, 4.69) is 4.90 Å². The number of aliphatic carboxylic acids is 1. The molecule has 0 bridgehead atoms. The Morgan fingerprint density at radius 2 is 1.91 bits per heavy atom. The fourth-order valence-corrected chi connectivity index (χ4v) is 5.78. The van der Waals surface area contributed by atoms with Gasteiger partial charge in [0.25, 0.3) is 11.5 Å². The highest BCUT2D eigenvalue weighted by Crippen LogP contribution is 2.36. The molecule has 1 amide bonds. The van der Waals surface area contributed by atoms with Crippen LogP contribution in [0.15, 0.2) is 9.70 Å². The summed E-state index contributed by atoms with van der Waals surface area (Å²) in [6.45, 7) is 7.23. The summed E-state index contributed by atoms with van der Waals surface area (Å²) in [5.41, 5.74) is 0.840. The first-order chi connectivity index (χ1) is 16.5. The van der Waals surface area contributed by atoms with Crippen molar-refractivity contribution < 1.29 is 19.4 Å². The number of unbranched alkanes of at least 4 members (excludes halogenated alkanes) is 2. The maximum atomic E-state index is 13.2. The fourth-order valence-electron chi connectivity index (χ4n) is 4.49. The van der Waals surface area contributed by atoms with Gasteiger partial charge in [-0.2, -0.15) is 5.26 Å². The van der Waals surface area contributed by atoms with Gasteiger partial charge in [0.05, 0.1) is 17.1 Å². The summed E-state index contributed by atoms with van der Waals surface area (Å²) in [5.74, 6) is -0.408. The van der Waals surface area contributed by atoms with E-state index in [0.717, 1.165) is 0 Å². The lowest BCUT2D eigenvalue weighted by molar-refractivity contribution is -0.137. The summed E-state index contributed by atoms with van der Waals surface area (Å²) in [4.78, 5) is 40.9. The van der Waals surface area contributed by atoms with Crippen LogP contribution in [0, 0.1) is 18.3 Å². The summed E-state index contributed by atoms with van der Waals surface area (Å²) in [5, 5.41) is 18.4. The second-order valence-corrected chi connectivity index (χ2v) is 10.6. The third kappa shape index (κ3) is 5.94. The Bertz CT molecular complexity index is 1160. The number of carbonyl (C=O) groups excluding carboxylic acids is 1. The van der Waals surface area contributed by atoms with Gasteiger partial charge in [-0.1, -0.05) is 30.4 Å². The van der Waals surface area contributed by atoms with E-state index in [-0.39, 0.29) is 35.7 Å². The summed E-state index contributed by atoms with van der Waals surface area (Å²) >= 11 is 6.64. The number of anilines is 1. The van der Waals surface area contributed by atoms with Gasteiger partial charge in [-0.3, -0.25) is 23.9 Å². The minimum absolute atomic E-state index is 0.0445. The Morgan fingerprint density at radius 1 is 1.26 bits per heavy atom. The van der Waals surface area contributed by atoms with E-state index >= 15 is 0 Å². The number of ether oxygens (including phenoxy) is 1. The molecule has 3 rings (SSSR count). The van der Waals surface area contributed by atoms with Gasteiger partial charge in [-0.15, -0.1) is 0 Å². The van der Waals surface area contributed by atoms with Crippen molar-refractivity contribution in [3.8, 4) is 6.07 Å². The fraction of sp³-hybridized carbons (Fsp3) is 0.542. The zero-order valence-electron chi connectivity index (χ0n) is 20.4. The van der Waals surface area contributed by atoms with E-state index in [9.17, 15) is 19.6 Å². The summed E-state index contributed by atoms with van der Waals surface area (Å²) in [7, 11) is 1.64. The van der Waals surface area contributed by atoms with Crippen LogP contribution in [0.5, 0.6) is 0 Å². The number of thiocarbonyl (C=S) groups is 1. The molecular formula is C24H30N4O5S2. The first-order valence-electron chi connectivity index (χ1n) is 11.6. The predicted molar refractivity (Wildman–Crippen MR) is 139 cm³/mol. The minimum Gasteiger partial charge on any atom is -0.481 e. The number of nitriles is 1. The van der Waals surface area contributed by atoms with Crippen LogP contribution in [-0.4, -0.2) is 62.6 Å². The van der Waals surface area contributed by atoms with Gasteiger partial charge in [0.1, 0.15) is 21.8 Å². The molecule has 2 saturated heterocycles. The quantitative estimate of drug-likeness (QED) is 0.315. The number of rotatable bonds is 8. The van der Waals surface area contributed by atoms with Gasteiger partial charge in [0.2, 0.25) is 0 Å². The lowest BCUT2D eigenvalue weighted by Crippen LogP contribution is -2.47. The van der Waals surface area contributed by atoms with Crippen molar-refractivity contribution in [1.29, 1.82) is 5.26 Å². The molecule has 9 nitrogen and oxygen atoms in total. The molecule has 0 aliphatic carbocycles. The number of hydrogen-bond acceptors (Lipinski definition) is 8. The van der Waals surface area contributed by atoms with Gasteiger partial charge in [-0.05, 0) is 45.3 Å². The molecule has 3 heterocycles. The molecule has 1 aromatic rings. The SMILES string of the molecule is Cc1c(/C=C2/SC(=S)N(CCCCCC(=O)O)C2=O)c(N2CC(C)OC(C)C2)n(C)c(=O)c1C#N. The number of amides is 1. The molecular weight excluding hydrogens is 488 g/mol. The number of nitrogens with zero attached hydrogens (tertiary/aromatic N) is 4. The molecule has 0 spiro atoms. The minimum atomic E-state index is -0.831. The average Bonchev–Trinajstić information content (AvgIpc) is 3.04. The van der Waals surface area contributed by atoms with Gasteiger partial charge in [-0.25, -0.2) is 0 Å². The highest BCUT2D eigenvalue weighted by atomic mass is 32.2. The van der Waals surface area contributed by atoms with Crippen LogP contribution in [0.4, 0.5) is 5.82 Å². The Morgan fingerprint density at radius 3 is 2.51 bits per heavy atom. The molecule has 0 saturated carbocycles. The third-order valence-electron chi connectivity index (χ3n) is 6.11. The molecule has 0 radical (unpaired) electrons. The van der Waals surface area contributed by atoms with Crippen molar-refractivity contribution >= 4 is 52.1 Å². The third-order valence-corrected chi connectivity index (χ3v) is 7.49. The first kappa shape index (κ1) is 26.9. The maximum absolute atomic E-state index is 13.2. The lowest BCUT2D eigenvalue weighted by Gasteiger charge is -2.38. The zero-order chi connectivity index (χ0) is 25.9. The van der Waals surface area contributed by atoms with Crippen molar-refractivity contribution in [1.82, 2.24) is 9.47 Å². The number of morpholine rings is 1. The second-order valence-electron chi connectivity index (χ2n) is 8.91. The Labute approximate surface area is 214 Å². The maximum Gasteiger partial charge on any atom is 0.303 e. The van der Waals surface area contributed by atoms with E-state index in [4.69, 9.17) is 22.1 Å². The number of thioether (sulfide) groups is 1. The topological polar surface area (TPSA) is 116 Å². The van der Waals surface area contributed by atoms with Crippen LogP contribution < -0.4 is 10.5 Å². The van der Waals surface area contributed by atoms with Crippen LogP contribution in [0.25, 0.3) is 6.08 Å². The monoisotopic (exact) mass is 518 g/mol. The molecule has 188 valence electrons. The number of carbonyl (C=O) groups is 2. The normalized spacial score (nSPS) is 21.6. The molecule has 1 N–H and O–H groups in total. The smallest absolute Gasteiger partial charge is 0.303 e. The van der Waals surface area contributed by atoms with E-state index in [1.54, 1.807) is 20.0 Å².